The summed E-state index contributed by atoms with van der Waals surface area (Å²) in [5.41, 5.74) is 1.59. The number of nitrogens with zero attached hydrogens (tertiary/aromatic N) is 1. The smallest absolute Gasteiger partial charge is 0.0507 e. The molecule has 2 nitrogen and oxygen atoms in total. The molecule has 2 rings (SSSR count). The molecular formula is C15H24N2S. The fourth-order valence-corrected chi connectivity index (χ4v) is 3.24. The quantitative estimate of drug-likeness (QED) is 0.843. The first-order chi connectivity index (χ1) is 8.57. The summed E-state index contributed by atoms with van der Waals surface area (Å²) in [7, 11) is 0. The van der Waals surface area contributed by atoms with Crippen LogP contribution in [-0.4, -0.2) is 30.9 Å². The summed E-state index contributed by atoms with van der Waals surface area (Å²) in [5.74, 6) is 0. The van der Waals surface area contributed by atoms with Gasteiger partial charge in [-0.2, -0.15) is 0 Å². The van der Waals surface area contributed by atoms with Crippen molar-refractivity contribution in [2.45, 2.75) is 43.7 Å². The lowest BCUT2D eigenvalue weighted by Gasteiger charge is -2.46. The van der Waals surface area contributed by atoms with Gasteiger partial charge in [-0.05, 0) is 38.7 Å². The summed E-state index contributed by atoms with van der Waals surface area (Å²) in [4.78, 5) is 3.97. The van der Waals surface area contributed by atoms with Crippen molar-refractivity contribution in [1.29, 1.82) is 0 Å². The molecule has 0 radical (unpaired) electrons. The average Bonchev–Trinajstić information content (AvgIpc) is 2.37. The van der Waals surface area contributed by atoms with Crippen LogP contribution in [0.2, 0.25) is 0 Å². The first-order valence-electron chi connectivity index (χ1n) is 6.72. The van der Waals surface area contributed by atoms with Crippen LogP contribution in [-0.2, 0) is 0 Å². The molecule has 100 valence electrons. The van der Waals surface area contributed by atoms with Crippen LogP contribution in [0.4, 0.5) is 5.69 Å². The summed E-state index contributed by atoms with van der Waals surface area (Å²) in [6.45, 7) is 9.00. The average molecular weight is 264 g/mol. The molecule has 1 atom stereocenters. The van der Waals surface area contributed by atoms with E-state index in [1.54, 1.807) is 0 Å². The molecule has 1 unspecified atom stereocenters. The van der Waals surface area contributed by atoms with Crippen molar-refractivity contribution in [3.63, 3.8) is 0 Å². The normalized spacial score (nSPS) is 23.1. The minimum Gasteiger partial charge on any atom is -0.365 e. The zero-order valence-electron chi connectivity index (χ0n) is 11.9. The van der Waals surface area contributed by atoms with Crippen LogP contribution in [0.1, 0.15) is 27.2 Å². The number of hydrogen-bond acceptors (Lipinski definition) is 3. The van der Waals surface area contributed by atoms with Gasteiger partial charge in [0.1, 0.15) is 0 Å². The fraction of sp³-hybridized carbons (Fsp3) is 0.600. The maximum absolute atomic E-state index is 3.65. The van der Waals surface area contributed by atoms with Gasteiger partial charge < -0.3 is 10.2 Å². The molecule has 1 aromatic rings. The molecule has 1 aromatic carbocycles. The van der Waals surface area contributed by atoms with Crippen molar-refractivity contribution in [1.82, 2.24) is 5.32 Å². The largest absolute Gasteiger partial charge is 0.365 e. The fourth-order valence-electron chi connectivity index (χ4n) is 2.63. The Labute approximate surface area is 115 Å². The second-order valence-electron chi connectivity index (χ2n) is 5.63. The molecule has 0 saturated carbocycles. The second-order valence-corrected chi connectivity index (χ2v) is 6.47. The van der Waals surface area contributed by atoms with Gasteiger partial charge in [0.25, 0.3) is 0 Å². The highest BCUT2D eigenvalue weighted by atomic mass is 32.2. The highest BCUT2D eigenvalue weighted by Crippen LogP contribution is 2.32. The van der Waals surface area contributed by atoms with Crippen LogP contribution in [0.3, 0.4) is 0 Å². The number of thioether (sulfide) groups is 1. The molecule has 1 heterocycles. The maximum atomic E-state index is 3.65. The van der Waals surface area contributed by atoms with E-state index in [1.165, 1.54) is 17.0 Å². The summed E-state index contributed by atoms with van der Waals surface area (Å²) in [6.07, 6.45) is 3.35. The third-order valence-electron chi connectivity index (χ3n) is 3.69. The monoisotopic (exact) mass is 264 g/mol. The van der Waals surface area contributed by atoms with Gasteiger partial charge >= 0.3 is 0 Å². The van der Waals surface area contributed by atoms with Gasteiger partial charge in [0.05, 0.1) is 5.69 Å². The van der Waals surface area contributed by atoms with Crippen LogP contribution in [0.25, 0.3) is 0 Å². The lowest BCUT2D eigenvalue weighted by atomic mass is 9.97. The molecule has 3 heteroatoms. The van der Waals surface area contributed by atoms with Crippen molar-refractivity contribution in [2.24, 2.45) is 0 Å². The Balaban J connectivity index is 2.32. The Kier molecular flexibility index (Phi) is 4.23. The zero-order chi connectivity index (χ0) is 13.2. The SMILES string of the molecule is CCC1CNC(C)(C)CN1c1ccccc1SC. The Morgan fingerprint density at radius 1 is 1.39 bits per heavy atom. The molecule has 1 aliphatic heterocycles. The van der Waals surface area contributed by atoms with Gasteiger partial charge in [-0.15, -0.1) is 11.8 Å². The molecule has 1 aliphatic rings. The van der Waals surface area contributed by atoms with E-state index >= 15 is 0 Å². The highest BCUT2D eigenvalue weighted by Gasteiger charge is 2.32. The minimum absolute atomic E-state index is 0.192. The Morgan fingerprint density at radius 2 is 2.11 bits per heavy atom. The first-order valence-corrected chi connectivity index (χ1v) is 7.94. The van der Waals surface area contributed by atoms with E-state index in [2.05, 4.69) is 61.5 Å². The number of piperazine rings is 1. The Morgan fingerprint density at radius 3 is 2.78 bits per heavy atom. The summed E-state index contributed by atoms with van der Waals surface area (Å²) >= 11 is 1.84. The second kappa shape index (κ2) is 5.54. The van der Waals surface area contributed by atoms with Gasteiger partial charge in [0, 0.05) is 29.6 Å². The van der Waals surface area contributed by atoms with Gasteiger partial charge in [-0.25, -0.2) is 0 Å². The van der Waals surface area contributed by atoms with E-state index in [0.717, 1.165) is 13.1 Å². The molecule has 0 spiro atoms. The summed E-state index contributed by atoms with van der Waals surface area (Å²) in [6, 6.07) is 9.37. The molecule has 1 fully saturated rings. The molecule has 0 aliphatic carbocycles. The van der Waals surface area contributed by atoms with Crippen LogP contribution in [0.15, 0.2) is 29.2 Å². The number of rotatable bonds is 3. The molecule has 1 N–H and O–H groups in total. The lowest BCUT2D eigenvalue weighted by molar-refractivity contribution is 0.305. The molecule has 18 heavy (non-hydrogen) atoms. The first kappa shape index (κ1) is 13.8. The molecule has 0 bridgehead atoms. The molecule has 1 saturated heterocycles. The number of anilines is 1. The summed E-state index contributed by atoms with van der Waals surface area (Å²) in [5, 5.41) is 3.65. The molecule has 0 amide bonds. The van der Waals surface area contributed by atoms with Crippen molar-refractivity contribution in [3.05, 3.63) is 24.3 Å². The third kappa shape index (κ3) is 2.83. The standard InChI is InChI=1S/C15H24N2S/c1-5-12-10-16-15(2,3)11-17(12)13-8-6-7-9-14(13)18-4/h6-9,12,16H,5,10-11H2,1-4H3. The summed E-state index contributed by atoms with van der Waals surface area (Å²) < 4.78 is 0. The Bertz CT molecular complexity index is 403. The number of hydrogen-bond donors (Lipinski definition) is 1. The topological polar surface area (TPSA) is 15.3 Å². The highest BCUT2D eigenvalue weighted by molar-refractivity contribution is 7.98. The molecule has 0 aromatic heterocycles. The van der Waals surface area contributed by atoms with Crippen molar-refractivity contribution < 1.29 is 0 Å². The third-order valence-corrected chi connectivity index (χ3v) is 4.47. The minimum atomic E-state index is 0.192. The van der Waals surface area contributed by atoms with Crippen molar-refractivity contribution >= 4 is 17.4 Å². The maximum Gasteiger partial charge on any atom is 0.0507 e. The van der Waals surface area contributed by atoms with Gasteiger partial charge in [-0.3, -0.25) is 0 Å². The van der Waals surface area contributed by atoms with Crippen molar-refractivity contribution in [2.75, 3.05) is 24.2 Å². The predicted molar refractivity (Wildman–Crippen MR) is 81.7 cm³/mol. The van der Waals surface area contributed by atoms with Crippen molar-refractivity contribution in [3.8, 4) is 0 Å². The Hall–Kier alpha value is -0.670. The van der Waals surface area contributed by atoms with Crippen LogP contribution < -0.4 is 10.2 Å². The van der Waals surface area contributed by atoms with E-state index in [4.69, 9.17) is 0 Å². The van der Waals surface area contributed by atoms with Crippen LogP contribution in [0, 0.1) is 0 Å². The van der Waals surface area contributed by atoms with Crippen LogP contribution >= 0.6 is 11.8 Å². The van der Waals surface area contributed by atoms with Crippen LogP contribution in [0.5, 0.6) is 0 Å². The number of nitrogens with one attached hydrogen (secondary N) is 1. The van der Waals surface area contributed by atoms with E-state index in [1.807, 2.05) is 11.8 Å². The van der Waals surface area contributed by atoms with E-state index < -0.39 is 0 Å². The van der Waals surface area contributed by atoms with E-state index in [-0.39, 0.29) is 5.54 Å². The zero-order valence-corrected chi connectivity index (χ0v) is 12.7. The van der Waals surface area contributed by atoms with E-state index in [0.29, 0.717) is 6.04 Å². The predicted octanol–water partition coefficient (Wildman–Crippen LogP) is 3.38. The molecular weight excluding hydrogens is 240 g/mol. The number of benzene rings is 1. The lowest BCUT2D eigenvalue weighted by Crippen LogP contribution is -2.61. The number of para-hydroxylation sites is 1. The van der Waals surface area contributed by atoms with Gasteiger partial charge in [0.15, 0.2) is 0 Å². The van der Waals surface area contributed by atoms with Gasteiger partial charge in [0.2, 0.25) is 0 Å². The van der Waals surface area contributed by atoms with E-state index in [9.17, 15) is 0 Å². The van der Waals surface area contributed by atoms with Gasteiger partial charge in [-0.1, -0.05) is 19.1 Å².